The number of hydrogen-bond donors (Lipinski definition) is 0. The van der Waals surface area contributed by atoms with Gasteiger partial charge in [0.05, 0.1) is 31.5 Å². The van der Waals surface area contributed by atoms with E-state index < -0.39 is 0 Å². The summed E-state index contributed by atoms with van der Waals surface area (Å²) in [5.41, 5.74) is 1.14. The van der Waals surface area contributed by atoms with E-state index in [0.717, 1.165) is 31.5 Å². The van der Waals surface area contributed by atoms with Crippen LogP contribution in [0.15, 0.2) is 31.0 Å². The van der Waals surface area contributed by atoms with E-state index in [1.165, 1.54) is 0 Å². The molecule has 23 heavy (non-hydrogen) atoms. The van der Waals surface area contributed by atoms with Crippen LogP contribution in [-0.2, 0) is 11.3 Å². The average Bonchev–Trinajstić information content (AvgIpc) is 3.17. The highest BCUT2D eigenvalue weighted by Gasteiger charge is 2.29. The summed E-state index contributed by atoms with van der Waals surface area (Å²) < 4.78 is 1.93. The molecule has 7 heteroatoms. The molecule has 0 unspecified atom stereocenters. The van der Waals surface area contributed by atoms with E-state index in [4.69, 9.17) is 0 Å². The molecule has 0 radical (unpaired) electrons. The number of aryl methyl sites for hydroxylation is 1. The zero-order valence-corrected chi connectivity index (χ0v) is 13.6. The average molecular weight is 314 g/mol. The number of carbonyl (C=O) groups is 1. The minimum atomic E-state index is 0.129. The maximum absolute atomic E-state index is 12.6. The SMILES string of the molecule is Cc1cnn(C[C@@H]2CCCN2C(=O)CN(C)c2cnccn2)c1. The number of likely N-dealkylation sites (tertiary alicyclic amines) is 1. The van der Waals surface area contributed by atoms with E-state index in [2.05, 4.69) is 15.1 Å². The van der Waals surface area contributed by atoms with Gasteiger partial charge < -0.3 is 9.80 Å². The Morgan fingerprint density at radius 1 is 1.39 bits per heavy atom. The van der Waals surface area contributed by atoms with Crippen molar-refractivity contribution in [2.45, 2.75) is 32.4 Å². The summed E-state index contributed by atoms with van der Waals surface area (Å²) in [6, 6.07) is 0.219. The van der Waals surface area contributed by atoms with Crippen molar-refractivity contribution < 1.29 is 4.79 Å². The Morgan fingerprint density at radius 3 is 2.96 bits per heavy atom. The van der Waals surface area contributed by atoms with Gasteiger partial charge in [0.15, 0.2) is 0 Å². The number of nitrogens with zero attached hydrogens (tertiary/aromatic N) is 6. The molecular formula is C16H22N6O. The highest BCUT2D eigenvalue weighted by molar-refractivity contribution is 5.81. The fourth-order valence-corrected chi connectivity index (χ4v) is 3.00. The first-order valence-corrected chi connectivity index (χ1v) is 7.89. The predicted molar refractivity (Wildman–Crippen MR) is 87.0 cm³/mol. The monoisotopic (exact) mass is 314 g/mol. The van der Waals surface area contributed by atoms with Gasteiger partial charge in [0.2, 0.25) is 5.91 Å². The molecule has 1 atom stereocenters. The standard InChI is InChI=1S/C16H22N6O/c1-13-8-19-21(10-13)11-14-4-3-7-22(14)16(23)12-20(2)15-9-17-5-6-18-15/h5-6,8-10,14H,3-4,7,11-12H2,1-2H3/t14-/m0/s1. The molecule has 0 saturated carbocycles. The summed E-state index contributed by atoms with van der Waals surface area (Å²) in [6.45, 7) is 3.91. The van der Waals surface area contributed by atoms with Crippen LogP contribution in [0.3, 0.4) is 0 Å². The summed E-state index contributed by atoms with van der Waals surface area (Å²) in [5.74, 6) is 0.837. The van der Waals surface area contributed by atoms with Crippen LogP contribution in [0.5, 0.6) is 0 Å². The molecule has 0 N–H and O–H groups in total. The Hall–Kier alpha value is -2.44. The Balaban J connectivity index is 1.61. The summed E-state index contributed by atoms with van der Waals surface area (Å²) in [4.78, 5) is 24.7. The molecule has 1 amide bonds. The largest absolute Gasteiger partial charge is 0.349 e. The van der Waals surface area contributed by atoms with E-state index in [-0.39, 0.29) is 11.9 Å². The van der Waals surface area contributed by atoms with Gasteiger partial charge >= 0.3 is 0 Å². The third-order valence-corrected chi connectivity index (χ3v) is 4.17. The molecule has 7 nitrogen and oxygen atoms in total. The smallest absolute Gasteiger partial charge is 0.242 e. The highest BCUT2D eigenvalue weighted by atomic mass is 16.2. The number of hydrogen-bond acceptors (Lipinski definition) is 5. The van der Waals surface area contributed by atoms with Gasteiger partial charge in [-0.2, -0.15) is 5.10 Å². The van der Waals surface area contributed by atoms with Crippen molar-refractivity contribution in [3.63, 3.8) is 0 Å². The van der Waals surface area contributed by atoms with Crippen molar-refractivity contribution in [2.75, 3.05) is 25.0 Å². The van der Waals surface area contributed by atoms with Crippen molar-refractivity contribution in [1.29, 1.82) is 0 Å². The fourth-order valence-electron chi connectivity index (χ4n) is 3.00. The lowest BCUT2D eigenvalue weighted by molar-refractivity contribution is -0.130. The van der Waals surface area contributed by atoms with Crippen molar-refractivity contribution in [1.82, 2.24) is 24.6 Å². The zero-order chi connectivity index (χ0) is 16.2. The van der Waals surface area contributed by atoms with E-state index in [9.17, 15) is 4.79 Å². The third-order valence-electron chi connectivity index (χ3n) is 4.17. The molecule has 1 aliphatic rings. The summed E-state index contributed by atoms with van der Waals surface area (Å²) in [6.07, 6.45) is 10.9. The van der Waals surface area contributed by atoms with Crippen molar-refractivity contribution in [3.8, 4) is 0 Å². The van der Waals surface area contributed by atoms with Crippen molar-refractivity contribution in [3.05, 3.63) is 36.5 Å². The van der Waals surface area contributed by atoms with Crippen LogP contribution in [0.4, 0.5) is 5.82 Å². The second kappa shape index (κ2) is 6.76. The van der Waals surface area contributed by atoms with Gasteiger partial charge in [-0.05, 0) is 25.3 Å². The quantitative estimate of drug-likeness (QED) is 0.827. The van der Waals surface area contributed by atoms with Crippen LogP contribution < -0.4 is 4.90 Å². The summed E-state index contributed by atoms with van der Waals surface area (Å²) in [7, 11) is 1.86. The van der Waals surface area contributed by atoms with Gasteiger partial charge in [0.25, 0.3) is 0 Å². The van der Waals surface area contributed by atoms with Gasteiger partial charge in [-0.3, -0.25) is 14.5 Å². The normalized spacial score (nSPS) is 17.5. The Labute approximate surface area is 135 Å². The van der Waals surface area contributed by atoms with Gasteiger partial charge in [-0.15, -0.1) is 0 Å². The molecular weight excluding hydrogens is 292 g/mol. The Morgan fingerprint density at radius 2 is 2.26 bits per heavy atom. The molecule has 0 spiro atoms. The van der Waals surface area contributed by atoms with E-state index in [1.807, 2.05) is 40.8 Å². The second-order valence-corrected chi connectivity index (χ2v) is 6.04. The molecule has 1 fully saturated rings. The summed E-state index contributed by atoms with van der Waals surface area (Å²) in [5, 5.41) is 4.33. The maximum atomic E-state index is 12.6. The third kappa shape index (κ3) is 3.67. The lowest BCUT2D eigenvalue weighted by Crippen LogP contribution is -2.43. The van der Waals surface area contributed by atoms with Gasteiger partial charge in [0.1, 0.15) is 5.82 Å². The van der Waals surface area contributed by atoms with Crippen LogP contribution >= 0.6 is 0 Å². The predicted octanol–water partition coefficient (Wildman–Crippen LogP) is 1.11. The van der Waals surface area contributed by atoms with Crippen LogP contribution in [0.25, 0.3) is 0 Å². The number of carbonyl (C=O) groups excluding carboxylic acids is 1. The molecule has 2 aromatic heterocycles. The number of anilines is 1. The van der Waals surface area contributed by atoms with Crippen molar-refractivity contribution >= 4 is 11.7 Å². The molecule has 0 aromatic carbocycles. The lowest BCUT2D eigenvalue weighted by Gasteiger charge is -2.27. The zero-order valence-electron chi connectivity index (χ0n) is 13.6. The fraction of sp³-hybridized carbons (Fsp3) is 0.500. The van der Waals surface area contributed by atoms with Gasteiger partial charge in [-0.25, -0.2) is 4.98 Å². The number of rotatable bonds is 5. The minimum Gasteiger partial charge on any atom is -0.349 e. The van der Waals surface area contributed by atoms with E-state index in [0.29, 0.717) is 12.4 Å². The summed E-state index contributed by atoms with van der Waals surface area (Å²) >= 11 is 0. The molecule has 3 heterocycles. The number of aromatic nitrogens is 4. The second-order valence-electron chi connectivity index (χ2n) is 6.04. The van der Waals surface area contributed by atoms with Crippen LogP contribution in [-0.4, -0.2) is 56.7 Å². The molecule has 1 saturated heterocycles. The topological polar surface area (TPSA) is 67.2 Å². The van der Waals surface area contributed by atoms with Gasteiger partial charge in [0, 0.05) is 32.2 Å². The molecule has 3 rings (SSSR count). The van der Waals surface area contributed by atoms with Crippen LogP contribution in [0, 0.1) is 6.92 Å². The number of likely N-dealkylation sites (N-methyl/N-ethyl adjacent to an activating group) is 1. The van der Waals surface area contributed by atoms with Crippen molar-refractivity contribution in [2.24, 2.45) is 0 Å². The maximum Gasteiger partial charge on any atom is 0.242 e. The lowest BCUT2D eigenvalue weighted by atomic mass is 10.2. The van der Waals surface area contributed by atoms with Gasteiger partial charge in [-0.1, -0.05) is 0 Å². The molecule has 122 valence electrons. The molecule has 0 aliphatic carbocycles. The highest BCUT2D eigenvalue weighted by Crippen LogP contribution is 2.19. The first-order chi connectivity index (χ1) is 11.1. The first kappa shape index (κ1) is 15.5. The van der Waals surface area contributed by atoms with E-state index in [1.54, 1.807) is 18.6 Å². The van der Waals surface area contributed by atoms with Crippen LogP contribution in [0.1, 0.15) is 18.4 Å². The minimum absolute atomic E-state index is 0.129. The molecule has 0 bridgehead atoms. The van der Waals surface area contributed by atoms with Crippen LogP contribution in [0.2, 0.25) is 0 Å². The Kier molecular flexibility index (Phi) is 4.55. The Bertz CT molecular complexity index is 656. The first-order valence-electron chi connectivity index (χ1n) is 7.89. The molecule has 2 aromatic rings. The number of amides is 1. The molecule has 1 aliphatic heterocycles. The van der Waals surface area contributed by atoms with E-state index >= 15 is 0 Å².